The van der Waals surface area contributed by atoms with Crippen molar-refractivity contribution in [2.75, 3.05) is 21.3 Å². The average molecular weight is 445 g/mol. The van der Waals surface area contributed by atoms with Gasteiger partial charge >= 0.3 is 0 Å². The third kappa shape index (κ3) is 4.24. The van der Waals surface area contributed by atoms with E-state index in [0.717, 1.165) is 23.5 Å². The Labute approximate surface area is 192 Å². The molecule has 0 spiro atoms. The average Bonchev–Trinajstić information content (AvgIpc) is 2.85. The first-order chi connectivity index (χ1) is 15.7. The van der Waals surface area contributed by atoms with Gasteiger partial charge in [-0.15, -0.1) is 0 Å². The molecule has 1 aliphatic rings. The Bertz CT molecular complexity index is 1150. The van der Waals surface area contributed by atoms with Crippen LogP contribution >= 0.6 is 7.92 Å². The monoisotopic (exact) mass is 444 g/mol. The highest BCUT2D eigenvalue weighted by Crippen LogP contribution is 2.41. The Kier molecular flexibility index (Phi) is 7.09. The number of benzene rings is 3. The van der Waals surface area contributed by atoms with Crippen LogP contribution in [0.4, 0.5) is 0 Å². The first-order valence-electron chi connectivity index (χ1n) is 10.7. The summed E-state index contributed by atoms with van der Waals surface area (Å²) in [6, 6.07) is 25.6. The lowest BCUT2D eigenvalue weighted by atomic mass is 9.93. The van der Waals surface area contributed by atoms with Crippen molar-refractivity contribution in [3.63, 3.8) is 0 Å². The van der Waals surface area contributed by atoms with Gasteiger partial charge in [0.25, 0.3) is 0 Å². The lowest BCUT2D eigenvalue weighted by Gasteiger charge is -2.29. The first-order valence-corrected chi connectivity index (χ1v) is 12.1. The van der Waals surface area contributed by atoms with Gasteiger partial charge in [-0.1, -0.05) is 72.8 Å². The summed E-state index contributed by atoms with van der Waals surface area (Å²) in [5, 5.41) is 3.79. The second-order valence-corrected chi connectivity index (χ2v) is 9.77. The lowest BCUT2D eigenvalue weighted by Crippen LogP contribution is -2.28. The molecule has 0 amide bonds. The van der Waals surface area contributed by atoms with E-state index in [1.54, 1.807) is 21.3 Å². The zero-order valence-corrected chi connectivity index (χ0v) is 19.9. The summed E-state index contributed by atoms with van der Waals surface area (Å²) in [6.07, 6.45) is 4.94. The van der Waals surface area contributed by atoms with Crippen LogP contribution in [0.1, 0.15) is 17.5 Å². The maximum Gasteiger partial charge on any atom is 0.127 e. The van der Waals surface area contributed by atoms with Crippen LogP contribution in [-0.2, 0) is 9.47 Å². The van der Waals surface area contributed by atoms with Crippen molar-refractivity contribution in [2.24, 2.45) is 0 Å². The summed E-state index contributed by atoms with van der Waals surface area (Å²) >= 11 is 0. The number of rotatable bonds is 7. The molecule has 3 aromatic carbocycles. The molecule has 3 nitrogen and oxygen atoms in total. The maximum atomic E-state index is 5.90. The topological polar surface area (TPSA) is 27.7 Å². The molecule has 0 radical (unpaired) electrons. The Balaban J connectivity index is 2.02. The summed E-state index contributed by atoms with van der Waals surface area (Å²) in [5.74, 6) is 1.76. The molecule has 4 heteroatoms. The summed E-state index contributed by atoms with van der Waals surface area (Å²) in [6.45, 7) is 2.18. The van der Waals surface area contributed by atoms with Crippen molar-refractivity contribution in [1.82, 2.24) is 0 Å². The second-order valence-electron chi connectivity index (χ2n) is 7.66. The minimum Gasteiger partial charge on any atom is -0.496 e. The fourth-order valence-corrected chi connectivity index (χ4v) is 7.01. The minimum absolute atomic E-state index is 0.0533. The molecule has 1 aliphatic carbocycles. The Morgan fingerprint density at radius 2 is 1.41 bits per heavy atom. The van der Waals surface area contributed by atoms with Crippen molar-refractivity contribution in [1.29, 1.82) is 0 Å². The summed E-state index contributed by atoms with van der Waals surface area (Å²) < 4.78 is 17.5. The number of hydrogen-bond acceptors (Lipinski definition) is 3. The number of hydrogen-bond donors (Lipinski definition) is 0. The number of para-hydroxylation sites is 1. The van der Waals surface area contributed by atoms with E-state index in [0.29, 0.717) is 0 Å². The standard InChI is InChI=1S/C28H29O3P/c1-20-12-5-8-17-25(20)32(27-19-10-7-14-22(27)29-2)26-18-9-6-13-21(26)28-23(30-3)15-11-16-24(28)31-4/h5-15,17-19,24H,16H2,1-4H3/t24-,32?/m0/s1. The SMILES string of the molecule is COC1=C(c2ccccc2P(c2ccccc2C)c2ccccc2OC)[C@@H](OC)CC=C1. The molecule has 0 aliphatic heterocycles. The van der Waals surface area contributed by atoms with E-state index in [9.17, 15) is 0 Å². The summed E-state index contributed by atoms with van der Waals surface area (Å²) in [5.41, 5.74) is 3.54. The molecule has 0 fully saturated rings. The van der Waals surface area contributed by atoms with Crippen LogP contribution in [0, 0.1) is 6.92 Å². The molecule has 0 saturated heterocycles. The summed E-state index contributed by atoms with van der Waals surface area (Å²) in [4.78, 5) is 0. The van der Waals surface area contributed by atoms with Crippen LogP contribution in [0.5, 0.6) is 5.75 Å². The highest BCUT2D eigenvalue weighted by atomic mass is 31.1. The van der Waals surface area contributed by atoms with E-state index in [4.69, 9.17) is 14.2 Å². The third-order valence-corrected chi connectivity index (χ3v) is 8.54. The van der Waals surface area contributed by atoms with Crippen LogP contribution in [0.25, 0.3) is 5.57 Å². The quantitative estimate of drug-likeness (QED) is 0.475. The predicted molar refractivity (Wildman–Crippen MR) is 135 cm³/mol. The minimum atomic E-state index is -0.882. The van der Waals surface area contributed by atoms with E-state index in [-0.39, 0.29) is 6.10 Å². The highest BCUT2D eigenvalue weighted by molar-refractivity contribution is 7.80. The van der Waals surface area contributed by atoms with Crippen LogP contribution in [-0.4, -0.2) is 27.4 Å². The van der Waals surface area contributed by atoms with Gasteiger partial charge in [-0.05, 0) is 55.1 Å². The number of ether oxygens (including phenoxy) is 3. The van der Waals surface area contributed by atoms with Crippen molar-refractivity contribution < 1.29 is 14.2 Å². The summed E-state index contributed by atoms with van der Waals surface area (Å²) in [7, 11) is 4.36. The van der Waals surface area contributed by atoms with E-state index >= 15 is 0 Å². The molecule has 32 heavy (non-hydrogen) atoms. The lowest BCUT2D eigenvalue weighted by molar-refractivity contribution is 0.145. The van der Waals surface area contributed by atoms with E-state index in [2.05, 4.69) is 79.7 Å². The Hall–Kier alpha value is -2.87. The van der Waals surface area contributed by atoms with Crippen molar-refractivity contribution >= 4 is 29.4 Å². The molecular formula is C28H29O3P. The second kappa shape index (κ2) is 10.2. The van der Waals surface area contributed by atoms with Crippen LogP contribution < -0.4 is 20.7 Å². The zero-order valence-electron chi connectivity index (χ0n) is 19.0. The van der Waals surface area contributed by atoms with Gasteiger partial charge in [0.05, 0.1) is 20.3 Å². The number of allylic oxidation sites excluding steroid dienone is 1. The number of aryl methyl sites for hydroxylation is 1. The normalized spacial score (nSPS) is 16.7. The van der Waals surface area contributed by atoms with Gasteiger partial charge in [0.15, 0.2) is 0 Å². The molecule has 164 valence electrons. The largest absolute Gasteiger partial charge is 0.496 e. The van der Waals surface area contributed by atoms with Gasteiger partial charge < -0.3 is 14.2 Å². The molecule has 1 unspecified atom stereocenters. The van der Waals surface area contributed by atoms with Gasteiger partial charge in [0, 0.05) is 18.0 Å². The third-order valence-electron chi connectivity index (χ3n) is 5.83. The van der Waals surface area contributed by atoms with E-state index in [1.807, 2.05) is 12.1 Å². The predicted octanol–water partition coefficient (Wildman–Crippen LogP) is 5.09. The molecule has 0 N–H and O–H groups in total. The van der Waals surface area contributed by atoms with Crippen LogP contribution in [0.3, 0.4) is 0 Å². The fraction of sp³-hybridized carbons (Fsp3) is 0.214. The zero-order chi connectivity index (χ0) is 22.5. The van der Waals surface area contributed by atoms with Gasteiger partial charge in [-0.3, -0.25) is 0 Å². The van der Waals surface area contributed by atoms with Gasteiger partial charge in [0.1, 0.15) is 11.5 Å². The smallest absolute Gasteiger partial charge is 0.127 e. The Morgan fingerprint density at radius 1 is 0.750 bits per heavy atom. The molecule has 4 rings (SSSR count). The molecular weight excluding hydrogens is 415 g/mol. The maximum absolute atomic E-state index is 5.90. The molecule has 3 aromatic rings. The van der Waals surface area contributed by atoms with Crippen molar-refractivity contribution in [3.05, 3.63) is 102 Å². The molecule has 2 atom stereocenters. The van der Waals surface area contributed by atoms with Gasteiger partial charge in [-0.2, -0.15) is 0 Å². The highest BCUT2D eigenvalue weighted by Gasteiger charge is 2.29. The molecule has 0 saturated carbocycles. The fourth-order valence-electron chi connectivity index (χ4n) is 4.28. The first kappa shape index (κ1) is 22.3. The Morgan fingerprint density at radius 3 is 2.09 bits per heavy atom. The van der Waals surface area contributed by atoms with Crippen molar-refractivity contribution in [3.8, 4) is 5.75 Å². The van der Waals surface area contributed by atoms with Gasteiger partial charge in [-0.25, -0.2) is 0 Å². The number of methoxy groups -OCH3 is 3. The van der Waals surface area contributed by atoms with Crippen LogP contribution in [0.15, 0.2) is 90.7 Å². The van der Waals surface area contributed by atoms with E-state index in [1.165, 1.54) is 27.0 Å². The van der Waals surface area contributed by atoms with Crippen LogP contribution in [0.2, 0.25) is 0 Å². The molecule has 0 aromatic heterocycles. The van der Waals surface area contributed by atoms with E-state index < -0.39 is 7.92 Å². The van der Waals surface area contributed by atoms with Crippen molar-refractivity contribution in [2.45, 2.75) is 19.4 Å². The molecule has 0 heterocycles. The van der Waals surface area contributed by atoms with Gasteiger partial charge in [0.2, 0.25) is 0 Å². The molecule has 0 bridgehead atoms.